The topological polar surface area (TPSA) is 86.0 Å². The normalized spacial score (nSPS) is 10.8. The Labute approximate surface area is 178 Å². The molecule has 0 atom stereocenters. The highest BCUT2D eigenvalue weighted by atomic mass is 35.5. The number of aryl methyl sites for hydroxylation is 2. The van der Waals surface area contributed by atoms with Gasteiger partial charge in [0, 0.05) is 11.6 Å². The quantitative estimate of drug-likeness (QED) is 0.656. The Morgan fingerprint density at radius 1 is 1.10 bits per heavy atom. The van der Waals surface area contributed by atoms with Gasteiger partial charge in [0.1, 0.15) is 0 Å². The van der Waals surface area contributed by atoms with Gasteiger partial charge in [0.2, 0.25) is 5.69 Å². The fourth-order valence-corrected chi connectivity index (χ4v) is 3.05. The van der Waals surface area contributed by atoms with Gasteiger partial charge in [-0.3, -0.25) is 14.2 Å². The summed E-state index contributed by atoms with van der Waals surface area (Å²) in [4.78, 5) is 38.7. The smallest absolute Gasteiger partial charge is 0.350 e. The lowest BCUT2D eigenvalue weighted by atomic mass is 10.1. The predicted molar refractivity (Wildman–Crippen MR) is 117 cm³/mol. The van der Waals surface area contributed by atoms with E-state index < -0.39 is 17.2 Å². The number of nitrogens with zero attached hydrogens (tertiary/aromatic N) is 3. The molecule has 3 aromatic rings. The molecule has 0 aliphatic rings. The molecule has 30 heavy (non-hydrogen) atoms. The van der Waals surface area contributed by atoms with E-state index in [9.17, 15) is 14.4 Å². The van der Waals surface area contributed by atoms with E-state index in [1.165, 1.54) is 0 Å². The molecule has 1 heterocycles. The summed E-state index contributed by atoms with van der Waals surface area (Å²) in [6.07, 6.45) is 0.705. The molecular formula is C22H23ClN4O3. The first kappa shape index (κ1) is 21.5. The fourth-order valence-electron chi connectivity index (χ4n) is 2.88. The van der Waals surface area contributed by atoms with Crippen molar-refractivity contribution < 1.29 is 4.79 Å². The summed E-state index contributed by atoms with van der Waals surface area (Å²) >= 11 is 6.21. The van der Waals surface area contributed by atoms with Crippen LogP contribution in [-0.2, 0) is 6.54 Å². The van der Waals surface area contributed by atoms with E-state index in [4.69, 9.17) is 11.6 Å². The first-order valence-electron chi connectivity index (χ1n) is 9.66. The van der Waals surface area contributed by atoms with Crippen molar-refractivity contribution in [2.75, 3.05) is 6.54 Å². The SMILES string of the molecule is CCCNC(=O)c1nn(-c2ccc(C)c(Cl)c2)c(=O)n(Cc2ccc(C)cc2)c1=O. The van der Waals surface area contributed by atoms with Crippen LogP contribution < -0.4 is 16.6 Å². The summed E-state index contributed by atoms with van der Waals surface area (Å²) in [7, 11) is 0. The maximum absolute atomic E-state index is 13.1. The van der Waals surface area contributed by atoms with Crippen LogP contribution in [0.2, 0.25) is 5.02 Å². The second kappa shape index (κ2) is 9.09. The highest BCUT2D eigenvalue weighted by Gasteiger charge is 2.20. The van der Waals surface area contributed by atoms with E-state index in [1.54, 1.807) is 18.2 Å². The predicted octanol–water partition coefficient (Wildman–Crippen LogP) is 2.85. The molecule has 156 valence electrons. The number of halogens is 1. The molecule has 0 saturated heterocycles. The zero-order valence-electron chi connectivity index (χ0n) is 17.1. The number of benzene rings is 2. The van der Waals surface area contributed by atoms with Crippen LogP contribution in [0.15, 0.2) is 52.1 Å². The molecule has 1 aromatic heterocycles. The molecule has 8 heteroatoms. The molecule has 7 nitrogen and oxygen atoms in total. The lowest BCUT2D eigenvalue weighted by Crippen LogP contribution is -2.46. The van der Waals surface area contributed by atoms with Crippen molar-refractivity contribution in [3.05, 3.63) is 90.7 Å². The van der Waals surface area contributed by atoms with Crippen LogP contribution in [0.25, 0.3) is 5.69 Å². The Balaban J connectivity index is 2.19. The summed E-state index contributed by atoms with van der Waals surface area (Å²) in [5.74, 6) is -0.619. The fraction of sp³-hybridized carbons (Fsp3) is 0.273. The number of rotatable bonds is 6. The molecular weight excluding hydrogens is 404 g/mol. The Bertz CT molecular complexity index is 1200. The molecule has 2 aromatic carbocycles. The van der Waals surface area contributed by atoms with Crippen molar-refractivity contribution in [1.29, 1.82) is 0 Å². The number of nitrogens with one attached hydrogen (secondary N) is 1. The van der Waals surface area contributed by atoms with Gasteiger partial charge < -0.3 is 5.32 Å². The number of aromatic nitrogens is 3. The van der Waals surface area contributed by atoms with E-state index in [1.807, 2.05) is 45.0 Å². The largest absolute Gasteiger partial charge is 0.352 e. The number of amides is 1. The van der Waals surface area contributed by atoms with Crippen LogP contribution in [-0.4, -0.2) is 26.8 Å². The van der Waals surface area contributed by atoms with Crippen LogP contribution in [0.4, 0.5) is 0 Å². The van der Waals surface area contributed by atoms with Crippen LogP contribution in [0.3, 0.4) is 0 Å². The summed E-state index contributed by atoms with van der Waals surface area (Å²) in [6, 6.07) is 12.5. The number of carbonyl (C=O) groups excluding carboxylic acids is 1. The standard InChI is InChI=1S/C22H23ClN4O3/c1-4-11-24-20(28)19-21(29)26(13-16-8-5-14(2)6-9-16)22(30)27(25-19)17-10-7-15(3)18(23)12-17/h5-10,12H,4,11,13H2,1-3H3,(H,24,28). The van der Waals surface area contributed by atoms with E-state index >= 15 is 0 Å². The van der Waals surface area contributed by atoms with Gasteiger partial charge in [-0.05, 0) is 43.5 Å². The Hall–Kier alpha value is -3.19. The average molecular weight is 427 g/mol. The molecule has 1 amide bonds. The summed E-state index contributed by atoms with van der Waals surface area (Å²) in [5, 5.41) is 7.19. The monoisotopic (exact) mass is 426 g/mol. The minimum absolute atomic E-state index is 0.0219. The van der Waals surface area contributed by atoms with Crippen LogP contribution >= 0.6 is 11.6 Å². The lowest BCUT2D eigenvalue weighted by Gasteiger charge is -2.13. The third kappa shape index (κ3) is 4.52. The third-order valence-electron chi connectivity index (χ3n) is 4.67. The number of hydrogen-bond acceptors (Lipinski definition) is 4. The minimum Gasteiger partial charge on any atom is -0.350 e. The minimum atomic E-state index is -0.733. The Morgan fingerprint density at radius 2 is 1.80 bits per heavy atom. The summed E-state index contributed by atoms with van der Waals surface area (Å²) in [6.45, 7) is 6.11. The molecule has 0 fully saturated rings. The molecule has 0 bridgehead atoms. The highest BCUT2D eigenvalue weighted by molar-refractivity contribution is 6.31. The van der Waals surface area contributed by atoms with Gasteiger partial charge in [-0.15, -0.1) is 0 Å². The molecule has 0 aliphatic heterocycles. The van der Waals surface area contributed by atoms with Gasteiger partial charge in [-0.2, -0.15) is 9.78 Å². The van der Waals surface area contributed by atoms with E-state index in [0.29, 0.717) is 23.7 Å². The first-order chi connectivity index (χ1) is 14.3. The zero-order chi connectivity index (χ0) is 21.8. The Kier molecular flexibility index (Phi) is 6.52. The van der Waals surface area contributed by atoms with E-state index in [0.717, 1.165) is 25.9 Å². The van der Waals surface area contributed by atoms with Crippen molar-refractivity contribution in [1.82, 2.24) is 19.7 Å². The second-order valence-electron chi connectivity index (χ2n) is 7.11. The Morgan fingerprint density at radius 3 is 2.43 bits per heavy atom. The molecule has 3 rings (SSSR count). The van der Waals surface area contributed by atoms with Crippen molar-refractivity contribution in [3.63, 3.8) is 0 Å². The van der Waals surface area contributed by atoms with Gasteiger partial charge in [0.25, 0.3) is 11.5 Å². The van der Waals surface area contributed by atoms with Gasteiger partial charge in [-0.1, -0.05) is 54.4 Å². The van der Waals surface area contributed by atoms with Gasteiger partial charge in [0.15, 0.2) is 0 Å². The van der Waals surface area contributed by atoms with Gasteiger partial charge in [-0.25, -0.2) is 4.79 Å². The van der Waals surface area contributed by atoms with Crippen molar-refractivity contribution in [2.24, 2.45) is 0 Å². The summed E-state index contributed by atoms with van der Waals surface area (Å²) in [5.41, 5.74) is 1.31. The molecule has 1 N–H and O–H groups in total. The molecule has 0 unspecified atom stereocenters. The van der Waals surface area contributed by atoms with Crippen LogP contribution in [0.1, 0.15) is 40.5 Å². The third-order valence-corrected chi connectivity index (χ3v) is 5.08. The first-order valence-corrected chi connectivity index (χ1v) is 10.0. The van der Waals surface area contributed by atoms with Crippen molar-refractivity contribution in [3.8, 4) is 5.69 Å². The van der Waals surface area contributed by atoms with Gasteiger partial charge >= 0.3 is 5.69 Å². The van der Waals surface area contributed by atoms with Gasteiger partial charge in [0.05, 0.1) is 12.2 Å². The average Bonchev–Trinajstić information content (AvgIpc) is 2.73. The van der Waals surface area contributed by atoms with E-state index in [-0.39, 0.29) is 12.2 Å². The lowest BCUT2D eigenvalue weighted by molar-refractivity contribution is 0.0944. The van der Waals surface area contributed by atoms with E-state index in [2.05, 4.69) is 10.4 Å². The van der Waals surface area contributed by atoms with Crippen LogP contribution in [0.5, 0.6) is 0 Å². The number of carbonyl (C=O) groups is 1. The highest BCUT2D eigenvalue weighted by Crippen LogP contribution is 2.18. The summed E-state index contributed by atoms with van der Waals surface area (Å²) < 4.78 is 2.06. The maximum atomic E-state index is 13.1. The second-order valence-corrected chi connectivity index (χ2v) is 7.52. The number of hydrogen-bond donors (Lipinski definition) is 1. The molecule has 0 radical (unpaired) electrons. The van der Waals surface area contributed by atoms with Crippen molar-refractivity contribution in [2.45, 2.75) is 33.7 Å². The maximum Gasteiger partial charge on any atom is 0.352 e. The molecule has 0 saturated carbocycles. The van der Waals surface area contributed by atoms with Crippen molar-refractivity contribution >= 4 is 17.5 Å². The zero-order valence-corrected chi connectivity index (χ0v) is 17.9. The van der Waals surface area contributed by atoms with Crippen LogP contribution in [0, 0.1) is 13.8 Å². The molecule has 0 spiro atoms. The molecule has 0 aliphatic carbocycles.